The van der Waals surface area contributed by atoms with Crippen LogP contribution in [0.2, 0.25) is 0 Å². The van der Waals surface area contributed by atoms with E-state index in [9.17, 15) is 9.18 Å². The van der Waals surface area contributed by atoms with Crippen molar-refractivity contribution in [2.45, 2.75) is 77.4 Å². The van der Waals surface area contributed by atoms with E-state index in [4.69, 9.17) is 14.2 Å². The molecule has 8 atom stereocenters. The van der Waals surface area contributed by atoms with Crippen molar-refractivity contribution in [3.63, 3.8) is 0 Å². The zero-order valence-corrected chi connectivity index (χ0v) is 18.0. The summed E-state index contributed by atoms with van der Waals surface area (Å²) in [5.74, 6) is 1.37. The normalized spacial score (nSPS) is 49.9. The first-order valence-electron chi connectivity index (χ1n) is 11.1. The molecule has 1 spiro atoms. The smallest absolute Gasteiger partial charge is 0.146 e. The van der Waals surface area contributed by atoms with Gasteiger partial charge in [-0.25, -0.2) is 0 Å². The molecule has 0 saturated heterocycles. The molecule has 4 rings (SSSR count). The lowest BCUT2D eigenvalue weighted by molar-refractivity contribution is -0.182. The Kier molecular flexibility index (Phi) is 5.42. The molecule has 160 valence electrons. The monoisotopic (exact) mass is 396 g/mol. The van der Waals surface area contributed by atoms with Gasteiger partial charge in [0.25, 0.3) is 0 Å². The third kappa shape index (κ3) is 2.75. The number of Topliss-reactive ketones (excluding diaryl/α,β-unsaturated/α-hetero) is 1. The number of ether oxygens (including phenoxy) is 3. The van der Waals surface area contributed by atoms with Gasteiger partial charge in [-0.05, 0) is 68.6 Å². The van der Waals surface area contributed by atoms with Gasteiger partial charge in [0, 0.05) is 31.0 Å². The molecular formula is C23H37FO4. The first-order chi connectivity index (χ1) is 13.4. The quantitative estimate of drug-likeness (QED) is 0.592. The van der Waals surface area contributed by atoms with Gasteiger partial charge in [-0.2, -0.15) is 0 Å². The number of carbonyl (C=O) groups excluding carboxylic acids is 1. The Bertz CT molecular complexity index is 611. The van der Waals surface area contributed by atoms with Crippen molar-refractivity contribution >= 4 is 5.78 Å². The molecule has 4 fully saturated rings. The van der Waals surface area contributed by atoms with Gasteiger partial charge in [0.2, 0.25) is 0 Å². The predicted molar refractivity (Wildman–Crippen MR) is 105 cm³/mol. The summed E-state index contributed by atoms with van der Waals surface area (Å²) >= 11 is 0. The van der Waals surface area contributed by atoms with Gasteiger partial charge < -0.3 is 14.2 Å². The van der Waals surface area contributed by atoms with E-state index in [-0.39, 0.29) is 42.4 Å². The van der Waals surface area contributed by atoms with Crippen molar-refractivity contribution in [2.24, 2.45) is 34.0 Å². The summed E-state index contributed by atoms with van der Waals surface area (Å²) in [4.78, 5) is 13.8. The highest BCUT2D eigenvalue weighted by molar-refractivity contribution is 5.87. The van der Waals surface area contributed by atoms with E-state index in [1.54, 1.807) is 7.11 Å². The Morgan fingerprint density at radius 1 is 1.18 bits per heavy atom. The summed E-state index contributed by atoms with van der Waals surface area (Å²) in [6, 6.07) is 0. The van der Waals surface area contributed by atoms with Gasteiger partial charge in [0.15, 0.2) is 0 Å². The Morgan fingerprint density at radius 2 is 1.93 bits per heavy atom. The highest BCUT2D eigenvalue weighted by Crippen LogP contribution is 2.78. The maximum atomic E-state index is 13.8. The molecule has 0 aliphatic heterocycles. The molecule has 0 aromatic heterocycles. The Morgan fingerprint density at radius 3 is 2.61 bits per heavy atom. The summed E-state index contributed by atoms with van der Waals surface area (Å²) in [6.07, 6.45) is 7.51. The molecule has 28 heavy (non-hydrogen) atoms. The third-order valence-electron chi connectivity index (χ3n) is 9.26. The zero-order valence-electron chi connectivity index (χ0n) is 18.0. The van der Waals surface area contributed by atoms with Gasteiger partial charge in [-0.15, -0.1) is 0 Å². The van der Waals surface area contributed by atoms with Crippen LogP contribution >= 0.6 is 0 Å². The molecule has 4 nitrogen and oxygen atoms in total. The SMILES string of the molecule is COCO[C@@H]1C[C@@](C)(CCCF)C(=O)[C@H](C)C23CC[C@H]4C[C@]41C2[C@H](OC)CC3. The average Bonchev–Trinajstić information content (AvgIpc) is 3.33. The lowest BCUT2D eigenvalue weighted by Crippen LogP contribution is -2.57. The molecule has 0 radical (unpaired) electrons. The fourth-order valence-electron chi connectivity index (χ4n) is 7.91. The number of hydrogen-bond donors (Lipinski definition) is 0. The maximum Gasteiger partial charge on any atom is 0.146 e. The van der Waals surface area contributed by atoms with Crippen molar-refractivity contribution < 1.29 is 23.4 Å². The highest BCUT2D eigenvalue weighted by atomic mass is 19.1. The van der Waals surface area contributed by atoms with Crippen LogP contribution in [0.1, 0.15) is 65.2 Å². The lowest BCUT2D eigenvalue weighted by Gasteiger charge is -2.55. The van der Waals surface area contributed by atoms with Crippen molar-refractivity contribution in [2.75, 3.05) is 27.7 Å². The number of carbonyl (C=O) groups is 1. The van der Waals surface area contributed by atoms with Crippen LogP contribution in [-0.4, -0.2) is 45.7 Å². The number of alkyl halides is 1. The van der Waals surface area contributed by atoms with E-state index in [0.29, 0.717) is 36.9 Å². The second-order valence-electron chi connectivity index (χ2n) is 10.3. The zero-order chi connectivity index (χ0) is 20.2. The Labute approximate surface area is 168 Å². The van der Waals surface area contributed by atoms with E-state index in [0.717, 1.165) is 19.3 Å². The first kappa shape index (κ1) is 20.7. The molecule has 2 bridgehead atoms. The molecule has 5 heteroatoms. The molecule has 4 saturated carbocycles. The van der Waals surface area contributed by atoms with Crippen LogP contribution in [0.4, 0.5) is 4.39 Å². The number of methoxy groups -OCH3 is 2. The summed E-state index contributed by atoms with van der Waals surface area (Å²) in [5, 5.41) is 0. The van der Waals surface area contributed by atoms with Crippen LogP contribution in [0.5, 0.6) is 0 Å². The van der Waals surface area contributed by atoms with Crippen LogP contribution in [0.3, 0.4) is 0 Å². The van der Waals surface area contributed by atoms with Crippen LogP contribution in [0.25, 0.3) is 0 Å². The molecular weight excluding hydrogens is 359 g/mol. The number of ketones is 1. The summed E-state index contributed by atoms with van der Waals surface area (Å²) in [6.45, 7) is 4.11. The van der Waals surface area contributed by atoms with Crippen LogP contribution in [-0.2, 0) is 19.0 Å². The van der Waals surface area contributed by atoms with Gasteiger partial charge in [0.05, 0.1) is 18.9 Å². The minimum absolute atomic E-state index is 0.00376. The second kappa shape index (κ2) is 7.31. The number of rotatable bonds is 7. The minimum atomic E-state index is -0.523. The van der Waals surface area contributed by atoms with Crippen molar-refractivity contribution in [3.8, 4) is 0 Å². The molecule has 0 heterocycles. The maximum absolute atomic E-state index is 13.8. The summed E-state index contributed by atoms with van der Waals surface area (Å²) in [5.41, 5.74) is -0.415. The largest absolute Gasteiger partial charge is 0.381 e. The number of hydrogen-bond acceptors (Lipinski definition) is 4. The summed E-state index contributed by atoms with van der Waals surface area (Å²) < 4.78 is 30.7. The average molecular weight is 397 g/mol. The van der Waals surface area contributed by atoms with Gasteiger partial charge in [0.1, 0.15) is 12.6 Å². The van der Waals surface area contributed by atoms with Crippen LogP contribution in [0, 0.1) is 34.0 Å². The lowest BCUT2D eigenvalue weighted by atomic mass is 9.50. The molecule has 0 aromatic rings. The van der Waals surface area contributed by atoms with Crippen molar-refractivity contribution in [3.05, 3.63) is 0 Å². The topological polar surface area (TPSA) is 44.8 Å². The molecule has 4 aliphatic rings. The van der Waals surface area contributed by atoms with E-state index in [1.807, 2.05) is 7.11 Å². The van der Waals surface area contributed by atoms with Crippen molar-refractivity contribution in [1.29, 1.82) is 0 Å². The van der Waals surface area contributed by atoms with Gasteiger partial charge in [-0.1, -0.05) is 13.8 Å². The minimum Gasteiger partial charge on any atom is -0.381 e. The van der Waals surface area contributed by atoms with Crippen LogP contribution < -0.4 is 0 Å². The fourth-order valence-corrected chi connectivity index (χ4v) is 7.91. The fraction of sp³-hybridized carbons (Fsp3) is 0.957. The third-order valence-corrected chi connectivity index (χ3v) is 9.26. The van der Waals surface area contributed by atoms with Gasteiger partial charge in [-0.3, -0.25) is 9.18 Å². The molecule has 4 aliphatic carbocycles. The highest BCUT2D eigenvalue weighted by Gasteiger charge is 2.76. The number of halogens is 1. The molecule has 0 aromatic carbocycles. The molecule has 0 amide bonds. The van der Waals surface area contributed by atoms with Crippen LogP contribution in [0.15, 0.2) is 0 Å². The van der Waals surface area contributed by atoms with Gasteiger partial charge >= 0.3 is 0 Å². The van der Waals surface area contributed by atoms with Crippen molar-refractivity contribution in [1.82, 2.24) is 0 Å². The molecule has 0 N–H and O–H groups in total. The summed E-state index contributed by atoms with van der Waals surface area (Å²) in [7, 11) is 3.48. The predicted octanol–water partition coefficient (Wildman–Crippen LogP) is 4.55. The van der Waals surface area contributed by atoms with E-state index < -0.39 is 5.41 Å². The first-order valence-corrected chi connectivity index (χ1v) is 11.1. The molecule has 2 unspecified atom stereocenters. The Hall–Kier alpha value is -0.520. The standard InChI is InChI=1S/C23H37FO4/c1-15-20(25)21(2,8-5-11-24)13-18(28-14-26-3)23-12-16(23)6-9-22(15)10-7-17(27-4)19(22)23/h15-19H,5-14H2,1-4H3/t15-,16-,17+,18+,19?,21+,22?,23-/m0/s1. The Balaban J connectivity index is 1.79. The van der Waals surface area contributed by atoms with E-state index in [2.05, 4.69) is 13.8 Å². The second-order valence-corrected chi connectivity index (χ2v) is 10.3. The van der Waals surface area contributed by atoms with E-state index >= 15 is 0 Å². The van der Waals surface area contributed by atoms with E-state index in [1.165, 1.54) is 12.8 Å².